The molecule has 2 aromatic rings. The molecule has 0 aliphatic heterocycles. The van der Waals surface area contributed by atoms with Gasteiger partial charge in [0.15, 0.2) is 0 Å². The van der Waals surface area contributed by atoms with Crippen LogP contribution in [0, 0.1) is 18.3 Å². The second-order valence-corrected chi connectivity index (χ2v) is 6.35. The minimum atomic E-state index is -0.278. The van der Waals surface area contributed by atoms with Gasteiger partial charge in [-0.2, -0.15) is 5.26 Å². The second kappa shape index (κ2) is 9.09. The van der Waals surface area contributed by atoms with Crippen LogP contribution in [0.2, 0.25) is 0 Å². The van der Waals surface area contributed by atoms with Crippen LogP contribution in [0.25, 0.3) is 11.3 Å². The summed E-state index contributed by atoms with van der Waals surface area (Å²) in [4.78, 5) is 16.3. The van der Waals surface area contributed by atoms with Crippen molar-refractivity contribution in [3.63, 3.8) is 0 Å². The van der Waals surface area contributed by atoms with Crippen LogP contribution in [0.5, 0.6) is 0 Å². The molecule has 0 saturated heterocycles. The van der Waals surface area contributed by atoms with Crippen LogP contribution in [0.3, 0.4) is 0 Å². The molecule has 0 radical (unpaired) electrons. The highest BCUT2D eigenvalue weighted by molar-refractivity contribution is 7.99. The first-order valence-corrected chi connectivity index (χ1v) is 8.89. The molecular formula is C19H20N2O2S. The van der Waals surface area contributed by atoms with E-state index >= 15 is 0 Å². The first kappa shape index (κ1) is 18.0. The molecule has 1 aromatic heterocycles. The number of aryl methyl sites for hydroxylation is 1. The van der Waals surface area contributed by atoms with Crippen molar-refractivity contribution in [1.29, 1.82) is 5.26 Å². The van der Waals surface area contributed by atoms with Crippen molar-refractivity contribution in [3.05, 3.63) is 47.5 Å². The summed E-state index contributed by atoms with van der Waals surface area (Å²) in [6.45, 7) is 4.52. The molecule has 0 unspecified atom stereocenters. The number of hydrogen-bond donors (Lipinski definition) is 0. The van der Waals surface area contributed by atoms with Gasteiger partial charge in [-0.3, -0.25) is 4.79 Å². The monoisotopic (exact) mass is 340 g/mol. The van der Waals surface area contributed by atoms with E-state index in [1.807, 2.05) is 44.2 Å². The minimum absolute atomic E-state index is 0.156. The fourth-order valence-electron chi connectivity index (χ4n) is 2.02. The van der Waals surface area contributed by atoms with Crippen molar-refractivity contribution >= 4 is 17.7 Å². The van der Waals surface area contributed by atoms with Crippen LogP contribution in [0.4, 0.5) is 0 Å². The third kappa shape index (κ3) is 5.10. The number of carbonyl (C=O) groups excluding carboxylic acids is 1. The SMILES string of the molecule is CCCCOC(=O)CSc1nc(-c2ccc(C)cc2)ccc1C#N. The third-order valence-corrected chi connectivity index (χ3v) is 4.38. The van der Waals surface area contributed by atoms with Gasteiger partial charge < -0.3 is 4.74 Å². The summed E-state index contributed by atoms with van der Waals surface area (Å²) < 4.78 is 5.14. The number of unbranched alkanes of at least 4 members (excludes halogenated alkanes) is 1. The van der Waals surface area contributed by atoms with Crippen molar-refractivity contribution in [2.45, 2.75) is 31.7 Å². The van der Waals surface area contributed by atoms with Gasteiger partial charge in [-0.05, 0) is 25.5 Å². The van der Waals surface area contributed by atoms with E-state index in [2.05, 4.69) is 11.1 Å². The van der Waals surface area contributed by atoms with E-state index in [-0.39, 0.29) is 11.7 Å². The summed E-state index contributed by atoms with van der Waals surface area (Å²) in [6, 6.07) is 13.7. The van der Waals surface area contributed by atoms with Gasteiger partial charge in [0.05, 0.1) is 23.6 Å². The highest BCUT2D eigenvalue weighted by Crippen LogP contribution is 2.25. The molecule has 0 fully saturated rings. The molecule has 0 aliphatic rings. The smallest absolute Gasteiger partial charge is 0.316 e. The number of nitrogens with zero attached hydrogens (tertiary/aromatic N) is 2. The number of nitriles is 1. The molecule has 0 bridgehead atoms. The average molecular weight is 340 g/mol. The number of thioether (sulfide) groups is 1. The van der Waals surface area contributed by atoms with Crippen LogP contribution in [-0.2, 0) is 9.53 Å². The molecule has 0 aliphatic carbocycles. The molecule has 1 heterocycles. The lowest BCUT2D eigenvalue weighted by molar-refractivity contribution is -0.140. The highest BCUT2D eigenvalue weighted by atomic mass is 32.2. The lowest BCUT2D eigenvalue weighted by atomic mass is 10.1. The van der Waals surface area contributed by atoms with E-state index in [0.29, 0.717) is 17.2 Å². The van der Waals surface area contributed by atoms with Crippen LogP contribution in [-0.4, -0.2) is 23.3 Å². The summed E-state index contributed by atoms with van der Waals surface area (Å²) in [5.74, 6) is -0.122. The van der Waals surface area contributed by atoms with Crippen molar-refractivity contribution in [3.8, 4) is 17.3 Å². The number of benzene rings is 1. The lowest BCUT2D eigenvalue weighted by Gasteiger charge is -2.07. The second-order valence-electron chi connectivity index (χ2n) is 5.39. The Morgan fingerprint density at radius 2 is 2.00 bits per heavy atom. The maximum atomic E-state index is 11.7. The molecule has 4 nitrogen and oxygen atoms in total. The normalized spacial score (nSPS) is 10.2. The van der Waals surface area contributed by atoms with Gasteiger partial charge in [0.2, 0.25) is 0 Å². The number of carbonyl (C=O) groups is 1. The fourth-order valence-corrected chi connectivity index (χ4v) is 2.79. The Kier molecular flexibility index (Phi) is 6.83. The molecule has 0 saturated carbocycles. The molecule has 0 N–H and O–H groups in total. The zero-order valence-electron chi connectivity index (χ0n) is 13.9. The van der Waals surface area contributed by atoms with E-state index in [4.69, 9.17) is 4.74 Å². The van der Waals surface area contributed by atoms with E-state index in [1.54, 1.807) is 6.07 Å². The van der Waals surface area contributed by atoms with Gasteiger partial charge in [-0.15, -0.1) is 0 Å². The molecular weight excluding hydrogens is 320 g/mol. The maximum Gasteiger partial charge on any atom is 0.316 e. The highest BCUT2D eigenvalue weighted by Gasteiger charge is 2.11. The van der Waals surface area contributed by atoms with E-state index in [9.17, 15) is 10.1 Å². The van der Waals surface area contributed by atoms with Gasteiger partial charge in [0.1, 0.15) is 11.1 Å². The number of esters is 1. The quantitative estimate of drug-likeness (QED) is 0.425. The van der Waals surface area contributed by atoms with Crippen molar-refractivity contribution in [2.24, 2.45) is 0 Å². The molecule has 0 spiro atoms. The van der Waals surface area contributed by atoms with Crippen molar-refractivity contribution in [2.75, 3.05) is 12.4 Å². The molecule has 0 amide bonds. The van der Waals surface area contributed by atoms with E-state index in [0.717, 1.165) is 24.1 Å². The maximum absolute atomic E-state index is 11.7. The summed E-state index contributed by atoms with van der Waals surface area (Å²) in [5, 5.41) is 9.79. The van der Waals surface area contributed by atoms with Gasteiger partial charge >= 0.3 is 5.97 Å². The zero-order chi connectivity index (χ0) is 17.4. The molecule has 1 aromatic carbocycles. The van der Waals surface area contributed by atoms with Gasteiger partial charge in [-0.25, -0.2) is 4.98 Å². The van der Waals surface area contributed by atoms with Gasteiger partial charge in [0, 0.05) is 5.56 Å². The predicted molar refractivity (Wildman–Crippen MR) is 95.7 cm³/mol. The van der Waals surface area contributed by atoms with Gasteiger partial charge in [-0.1, -0.05) is 54.9 Å². The standard InChI is InChI=1S/C19H20N2O2S/c1-3-4-11-23-18(22)13-24-19-16(12-20)9-10-17(21-19)15-7-5-14(2)6-8-15/h5-10H,3-4,11,13H2,1-2H3. The van der Waals surface area contributed by atoms with Gasteiger partial charge in [0.25, 0.3) is 0 Å². The minimum Gasteiger partial charge on any atom is -0.465 e. The predicted octanol–water partition coefficient (Wildman–Crippen LogP) is 4.36. The Bertz CT molecular complexity index is 736. The Hall–Kier alpha value is -2.32. The van der Waals surface area contributed by atoms with Crippen LogP contribution in [0.1, 0.15) is 30.9 Å². The lowest BCUT2D eigenvalue weighted by Crippen LogP contribution is -2.08. The number of ether oxygens (including phenoxy) is 1. The summed E-state index contributed by atoms with van der Waals surface area (Å²) >= 11 is 1.24. The summed E-state index contributed by atoms with van der Waals surface area (Å²) in [7, 11) is 0. The van der Waals surface area contributed by atoms with Crippen LogP contribution < -0.4 is 0 Å². The topological polar surface area (TPSA) is 63.0 Å². The number of hydrogen-bond acceptors (Lipinski definition) is 5. The number of pyridine rings is 1. The summed E-state index contributed by atoms with van der Waals surface area (Å²) in [5.41, 5.74) is 3.42. The van der Waals surface area contributed by atoms with Crippen molar-refractivity contribution in [1.82, 2.24) is 4.98 Å². The molecule has 2 rings (SSSR count). The largest absolute Gasteiger partial charge is 0.465 e. The van der Waals surface area contributed by atoms with Crippen LogP contribution >= 0.6 is 11.8 Å². The number of aromatic nitrogens is 1. The van der Waals surface area contributed by atoms with E-state index in [1.165, 1.54) is 17.3 Å². The molecule has 24 heavy (non-hydrogen) atoms. The Morgan fingerprint density at radius 1 is 1.25 bits per heavy atom. The average Bonchev–Trinajstić information content (AvgIpc) is 2.60. The first-order chi connectivity index (χ1) is 11.6. The van der Waals surface area contributed by atoms with Crippen LogP contribution in [0.15, 0.2) is 41.4 Å². The number of rotatable bonds is 7. The van der Waals surface area contributed by atoms with E-state index < -0.39 is 0 Å². The molecule has 5 heteroatoms. The Labute approximate surface area is 146 Å². The fraction of sp³-hybridized carbons (Fsp3) is 0.316. The zero-order valence-corrected chi connectivity index (χ0v) is 14.7. The first-order valence-electron chi connectivity index (χ1n) is 7.90. The molecule has 0 atom stereocenters. The van der Waals surface area contributed by atoms with Crippen molar-refractivity contribution < 1.29 is 9.53 Å². The Morgan fingerprint density at radius 3 is 2.67 bits per heavy atom. The summed E-state index contributed by atoms with van der Waals surface area (Å²) in [6.07, 6.45) is 1.85. The molecule has 124 valence electrons. The third-order valence-electron chi connectivity index (χ3n) is 3.42. The Balaban J connectivity index is 2.10.